The molecule has 72 valence electrons. The SMILES string of the molecule is Cc1ccc(OCC(O)O)cc1C. The lowest BCUT2D eigenvalue weighted by molar-refractivity contribution is -0.0680. The lowest BCUT2D eigenvalue weighted by Gasteiger charge is -2.08. The first-order chi connectivity index (χ1) is 6.09. The van der Waals surface area contributed by atoms with Gasteiger partial charge in [-0.2, -0.15) is 0 Å². The molecule has 0 amide bonds. The van der Waals surface area contributed by atoms with E-state index in [1.807, 2.05) is 32.0 Å². The molecular formula is C10H14O3. The topological polar surface area (TPSA) is 49.7 Å². The summed E-state index contributed by atoms with van der Waals surface area (Å²) in [5.74, 6) is 0.663. The Kier molecular flexibility index (Phi) is 3.28. The summed E-state index contributed by atoms with van der Waals surface area (Å²) >= 11 is 0. The van der Waals surface area contributed by atoms with Crippen LogP contribution in [0.3, 0.4) is 0 Å². The summed E-state index contributed by atoms with van der Waals surface area (Å²) < 4.78 is 5.10. The molecule has 3 nitrogen and oxygen atoms in total. The van der Waals surface area contributed by atoms with Crippen molar-refractivity contribution in [3.63, 3.8) is 0 Å². The lowest BCUT2D eigenvalue weighted by atomic mass is 10.1. The zero-order valence-electron chi connectivity index (χ0n) is 7.82. The molecule has 13 heavy (non-hydrogen) atoms. The number of benzene rings is 1. The van der Waals surface area contributed by atoms with Crippen LogP contribution >= 0.6 is 0 Å². The van der Waals surface area contributed by atoms with Gasteiger partial charge in [0.15, 0.2) is 6.29 Å². The molecule has 0 spiro atoms. The van der Waals surface area contributed by atoms with Gasteiger partial charge in [0.05, 0.1) is 0 Å². The predicted molar refractivity (Wildman–Crippen MR) is 49.6 cm³/mol. The number of aliphatic hydroxyl groups excluding tert-OH is 1. The van der Waals surface area contributed by atoms with Crippen LogP contribution < -0.4 is 4.74 Å². The molecule has 0 saturated heterocycles. The molecule has 0 bridgehead atoms. The molecule has 0 heterocycles. The van der Waals surface area contributed by atoms with Crippen LogP contribution in [0.4, 0.5) is 0 Å². The summed E-state index contributed by atoms with van der Waals surface area (Å²) in [6.45, 7) is 3.90. The van der Waals surface area contributed by atoms with E-state index in [-0.39, 0.29) is 6.61 Å². The van der Waals surface area contributed by atoms with E-state index in [2.05, 4.69) is 0 Å². The van der Waals surface area contributed by atoms with Crippen molar-refractivity contribution in [3.8, 4) is 5.75 Å². The average Bonchev–Trinajstić information content (AvgIpc) is 2.07. The Hall–Kier alpha value is -1.06. The summed E-state index contributed by atoms with van der Waals surface area (Å²) in [4.78, 5) is 0. The molecule has 0 aliphatic rings. The molecule has 0 radical (unpaired) electrons. The van der Waals surface area contributed by atoms with Gasteiger partial charge in [-0.1, -0.05) is 6.07 Å². The highest BCUT2D eigenvalue weighted by atomic mass is 16.5. The first-order valence-electron chi connectivity index (χ1n) is 4.16. The van der Waals surface area contributed by atoms with Crippen molar-refractivity contribution in [2.45, 2.75) is 20.1 Å². The molecule has 1 rings (SSSR count). The first kappa shape index (κ1) is 10.0. The van der Waals surface area contributed by atoms with E-state index in [0.29, 0.717) is 5.75 Å². The smallest absolute Gasteiger partial charge is 0.186 e. The Labute approximate surface area is 77.6 Å². The molecule has 2 N–H and O–H groups in total. The number of aryl methyl sites for hydroxylation is 2. The Balaban J connectivity index is 2.63. The summed E-state index contributed by atoms with van der Waals surface area (Å²) in [6, 6.07) is 5.62. The summed E-state index contributed by atoms with van der Waals surface area (Å²) in [6.07, 6.45) is -1.42. The molecule has 0 saturated carbocycles. The van der Waals surface area contributed by atoms with Gasteiger partial charge in [0.25, 0.3) is 0 Å². The highest BCUT2D eigenvalue weighted by molar-refractivity contribution is 5.33. The summed E-state index contributed by atoms with van der Waals surface area (Å²) in [7, 11) is 0. The minimum absolute atomic E-state index is 0.0947. The van der Waals surface area contributed by atoms with Crippen LogP contribution in [0.15, 0.2) is 18.2 Å². The van der Waals surface area contributed by atoms with E-state index >= 15 is 0 Å². The molecule has 0 aliphatic carbocycles. The largest absolute Gasteiger partial charge is 0.488 e. The van der Waals surface area contributed by atoms with E-state index in [9.17, 15) is 0 Å². The monoisotopic (exact) mass is 182 g/mol. The fourth-order valence-electron chi connectivity index (χ4n) is 0.974. The van der Waals surface area contributed by atoms with Gasteiger partial charge in [-0.3, -0.25) is 0 Å². The van der Waals surface area contributed by atoms with Crippen molar-refractivity contribution in [2.24, 2.45) is 0 Å². The molecule has 1 aromatic carbocycles. The van der Waals surface area contributed by atoms with Gasteiger partial charge in [-0.25, -0.2) is 0 Å². The van der Waals surface area contributed by atoms with Gasteiger partial charge in [0, 0.05) is 0 Å². The van der Waals surface area contributed by atoms with Gasteiger partial charge >= 0.3 is 0 Å². The molecule has 1 aromatic rings. The van der Waals surface area contributed by atoms with Gasteiger partial charge in [-0.15, -0.1) is 0 Å². The summed E-state index contributed by atoms with van der Waals surface area (Å²) in [5.41, 5.74) is 2.32. The number of hydrogen-bond donors (Lipinski definition) is 2. The molecule has 0 unspecified atom stereocenters. The van der Waals surface area contributed by atoms with Crippen molar-refractivity contribution in [1.29, 1.82) is 0 Å². The maximum absolute atomic E-state index is 8.57. The maximum atomic E-state index is 8.57. The van der Waals surface area contributed by atoms with E-state index < -0.39 is 6.29 Å². The minimum atomic E-state index is -1.42. The fraction of sp³-hybridized carbons (Fsp3) is 0.400. The third kappa shape index (κ3) is 3.05. The molecule has 0 aromatic heterocycles. The first-order valence-corrected chi connectivity index (χ1v) is 4.16. The van der Waals surface area contributed by atoms with Gasteiger partial charge < -0.3 is 14.9 Å². The maximum Gasteiger partial charge on any atom is 0.186 e. The molecule has 0 fully saturated rings. The van der Waals surface area contributed by atoms with Crippen molar-refractivity contribution in [1.82, 2.24) is 0 Å². The van der Waals surface area contributed by atoms with Crippen LogP contribution in [0.2, 0.25) is 0 Å². The van der Waals surface area contributed by atoms with E-state index in [4.69, 9.17) is 14.9 Å². The normalized spacial score (nSPS) is 10.5. The van der Waals surface area contributed by atoms with Crippen molar-refractivity contribution < 1.29 is 14.9 Å². The predicted octanol–water partition coefficient (Wildman–Crippen LogP) is 0.993. The van der Waals surface area contributed by atoms with Gasteiger partial charge in [0.2, 0.25) is 0 Å². The Morgan fingerprint density at radius 2 is 1.92 bits per heavy atom. The van der Waals surface area contributed by atoms with Crippen LogP contribution in [0.1, 0.15) is 11.1 Å². The number of aliphatic hydroxyl groups is 2. The van der Waals surface area contributed by atoms with Crippen LogP contribution in [0.25, 0.3) is 0 Å². The third-order valence-corrected chi connectivity index (χ3v) is 1.88. The zero-order chi connectivity index (χ0) is 9.84. The van der Waals surface area contributed by atoms with Crippen molar-refractivity contribution >= 4 is 0 Å². The molecule has 3 heteroatoms. The van der Waals surface area contributed by atoms with Crippen LogP contribution in [-0.4, -0.2) is 23.1 Å². The summed E-state index contributed by atoms with van der Waals surface area (Å²) in [5, 5.41) is 17.1. The fourth-order valence-corrected chi connectivity index (χ4v) is 0.974. The Morgan fingerprint density at radius 3 is 2.46 bits per heavy atom. The van der Waals surface area contributed by atoms with Crippen LogP contribution in [0.5, 0.6) is 5.75 Å². The van der Waals surface area contributed by atoms with E-state index in [0.717, 1.165) is 5.56 Å². The Morgan fingerprint density at radius 1 is 1.23 bits per heavy atom. The van der Waals surface area contributed by atoms with Gasteiger partial charge in [0.1, 0.15) is 12.4 Å². The standard InChI is InChI=1S/C10H14O3/c1-7-3-4-9(5-8(7)2)13-6-10(11)12/h3-5,10-12H,6H2,1-2H3. The van der Waals surface area contributed by atoms with Crippen LogP contribution in [0, 0.1) is 13.8 Å². The highest BCUT2D eigenvalue weighted by Crippen LogP contribution is 2.16. The second-order valence-electron chi connectivity index (χ2n) is 3.04. The van der Waals surface area contributed by atoms with E-state index in [1.165, 1.54) is 5.56 Å². The van der Waals surface area contributed by atoms with Gasteiger partial charge in [-0.05, 0) is 37.1 Å². The number of hydrogen-bond acceptors (Lipinski definition) is 3. The molecule has 0 aliphatic heterocycles. The number of rotatable bonds is 3. The quantitative estimate of drug-likeness (QED) is 0.685. The zero-order valence-corrected chi connectivity index (χ0v) is 7.82. The third-order valence-electron chi connectivity index (χ3n) is 1.88. The van der Waals surface area contributed by atoms with Crippen LogP contribution in [-0.2, 0) is 0 Å². The number of ether oxygens (including phenoxy) is 1. The second-order valence-corrected chi connectivity index (χ2v) is 3.04. The second kappa shape index (κ2) is 4.25. The lowest BCUT2D eigenvalue weighted by Crippen LogP contribution is -2.15. The average molecular weight is 182 g/mol. The highest BCUT2D eigenvalue weighted by Gasteiger charge is 2.00. The Bertz CT molecular complexity index is 281. The van der Waals surface area contributed by atoms with Crippen molar-refractivity contribution in [3.05, 3.63) is 29.3 Å². The minimum Gasteiger partial charge on any atom is -0.488 e. The molecule has 0 atom stereocenters. The van der Waals surface area contributed by atoms with E-state index in [1.54, 1.807) is 0 Å². The molecular weight excluding hydrogens is 168 g/mol. The van der Waals surface area contributed by atoms with Crippen molar-refractivity contribution in [2.75, 3.05) is 6.61 Å².